The number of nitrogens with zero attached hydrogens (tertiary/aromatic N) is 4. The van der Waals surface area contributed by atoms with Crippen molar-refractivity contribution in [3.63, 3.8) is 0 Å². The monoisotopic (exact) mass is 700 g/mol. The van der Waals surface area contributed by atoms with Gasteiger partial charge in [0.15, 0.2) is 17.5 Å². The molecule has 0 N–H and O–H groups in total. The second-order valence-electron chi connectivity index (χ2n) is 14.0. The molecule has 4 heteroatoms. The van der Waals surface area contributed by atoms with E-state index in [1.807, 2.05) is 36.4 Å². The Morgan fingerprint density at radius 2 is 0.709 bits per heavy atom. The van der Waals surface area contributed by atoms with Crippen molar-refractivity contribution in [2.75, 3.05) is 0 Å². The van der Waals surface area contributed by atoms with Gasteiger partial charge in [-0.3, -0.25) is 0 Å². The van der Waals surface area contributed by atoms with Gasteiger partial charge >= 0.3 is 0 Å². The lowest BCUT2D eigenvalue weighted by Crippen LogP contribution is -2.01. The van der Waals surface area contributed by atoms with Gasteiger partial charge < -0.3 is 4.57 Å². The zero-order valence-electron chi connectivity index (χ0n) is 29.8. The SMILES string of the molecule is c1ccc(-c2nc(-c3ccccc3)nc(-c3cc4c5ccccc5c5ccccc5c4cc3-c3ccc4c(c3)c3ccccc3n4-c3ccccc3)n2)cc1. The van der Waals surface area contributed by atoms with Crippen molar-refractivity contribution in [1.82, 2.24) is 19.5 Å². The first-order valence-electron chi connectivity index (χ1n) is 18.6. The molecule has 0 fully saturated rings. The Morgan fingerprint density at radius 1 is 0.273 bits per heavy atom. The highest BCUT2D eigenvalue weighted by Gasteiger charge is 2.21. The molecule has 0 radical (unpaired) electrons. The zero-order valence-corrected chi connectivity index (χ0v) is 29.8. The van der Waals surface area contributed by atoms with E-state index in [0.717, 1.165) is 44.4 Å². The molecule has 0 bridgehead atoms. The molecule has 0 saturated heterocycles. The molecule has 0 aliphatic heterocycles. The largest absolute Gasteiger partial charge is 0.309 e. The van der Waals surface area contributed by atoms with Crippen LogP contribution >= 0.6 is 0 Å². The molecule has 0 unspecified atom stereocenters. The first kappa shape index (κ1) is 31.1. The molecular weight excluding hydrogens is 669 g/mol. The minimum atomic E-state index is 0.633. The molecule has 11 rings (SSSR count). The van der Waals surface area contributed by atoms with Gasteiger partial charge in [0.1, 0.15) is 0 Å². The highest BCUT2D eigenvalue weighted by Crippen LogP contribution is 2.43. The van der Waals surface area contributed by atoms with Crippen molar-refractivity contribution in [2.24, 2.45) is 0 Å². The first-order chi connectivity index (χ1) is 27.3. The Hall–Kier alpha value is -7.43. The zero-order chi connectivity index (χ0) is 36.3. The fourth-order valence-electron chi connectivity index (χ4n) is 8.30. The summed E-state index contributed by atoms with van der Waals surface area (Å²) in [5.74, 6) is 1.91. The van der Waals surface area contributed by atoms with E-state index < -0.39 is 0 Å². The molecule has 0 amide bonds. The summed E-state index contributed by atoms with van der Waals surface area (Å²) in [4.78, 5) is 15.6. The van der Waals surface area contributed by atoms with Gasteiger partial charge in [-0.15, -0.1) is 0 Å². The van der Waals surface area contributed by atoms with E-state index in [-0.39, 0.29) is 0 Å². The van der Waals surface area contributed by atoms with E-state index in [1.165, 1.54) is 43.2 Å². The molecular formula is C51H32N4. The summed E-state index contributed by atoms with van der Waals surface area (Å²) in [7, 11) is 0. The second-order valence-corrected chi connectivity index (χ2v) is 14.0. The maximum Gasteiger partial charge on any atom is 0.164 e. The van der Waals surface area contributed by atoms with Crippen LogP contribution in [0.25, 0.3) is 105 Å². The van der Waals surface area contributed by atoms with Crippen LogP contribution in [0.15, 0.2) is 194 Å². The van der Waals surface area contributed by atoms with Gasteiger partial charge in [-0.1, -0.05) is 152 Å². The van der Waals surface area contributed by atoms with Crippen molar-refractivity contribution < 1.29 is 0 Å². The first-order valence-corrected chi connectivity index (χ1v) is 18.6. The van der Waals surface area contributed by atoms with Crippen LogP contribution in [0.4, 0.5) is 0 Å². The minimum absolute atomic E-state index is 0.633. The molecule has 0 saturated carbocycles. The van der Waals surface area contributed by atoms with Gasteiger partial charge in [-0.05, 0) is 85.9 Å². The third-order valence-electron chi connectivity index (χ3n) is 10.8. The molecule has 11 aromatic rings. The van der Waals surface area contributed by atoms with E-state index >= 15 is 0 Å². The summed E-state index contributed by atoms with van der Waals surface area (Å²) in [6, 6.07) is 68.7. The second kappa shape index (κ2) is 12.6. The van der Waals surface area contributed by atoms with Crippen LogP contribution in [-0.2, 0) is 0 Å². The van der Waals surface area contributed by atoms with Crippen LogP contribution in [-0.4, -0.2) is 19.5 Å². The van der Waals surface area contributed by atoms with Crippen LogP contribution < -0.4 is 0 Å². The number of fused-ring (bicyclic) bond motifs is 9. The molecule has 0 spiro atoms. The van der Waals surface area contributed by atoms with Gasteiger partial charge in [0, 0.05) is 33.2 Å². The standard InChI is InChI=1S/C51H32N4/c1-4-16-33(17-5-1)49-52-50(34-18-6-2-7-19-34)54-51(53-49)46-32-44-40-25-13-11-23-38(40)37-22-10-12-24-39(37)43(44)31-42(46)35-28-29-48-45(30-35)41-26-14-15-27-47(41)55(48)36-20-8-3-9-21-36/h1-32H. The lowest BCUT2D eigenvalue weighted by molar-refractivity contribution is 1.07. The van der Waals surface area contributed by atoms with Gasteiger partial charge in [0.25, 0.3) is 0 Å². The van der Waals surface area contributed by atoms with Crippen molar-refractivity contribution in [3.05, 3.63) is 194 Å². The van der Waals surface area contributed by atoms with E-state index in [4.69, 9.17) is 15.0 Å². The minimum Gasteiger partial charge on any atom is -0.309 e. The van der Waals surface area contributed by atoms with Gasteiger partial charge in [-0.25, -0.2) is 15.0 Å². The lowest BCUT2D eigenvalue weighted by Gasteiger charge is -2.17. The number of para-hydroxylation sites is 2. The average molecular weight is 701 g/mol. The Labute approximate surface area is 317 Å². The number of hydrogen-bond donors (Lipinski definition) is 0. The maximum atomic E-state index is 5.26. The van der Waals surface area contributed by atoms with E-state index in [2.05, 4.69) is 162 Å². The van der Waals surface area contributed by atoms with E-state index in [0.29, 0.717) is 17.5 Å². The van der Waals surface area contributed by atoms with Crippen LogP contribution in [0.3, 0.4) is 0 Å². The van der Waals surface area contributed by atoms with Crippen molar-refractivity contribution in [3.8, 4) is 51.0 Å². The normalized spacial score (nSPS) is 11.6. The molecule has 2 heterocycles. The topological polar surface area (TPSA) is 43.6 Å². The molecule has 256 valence electrons. The molecule has 2 aromatic heterocycles. The number of aromatic nitrogens is 4. The Balaban J connectivity index is 1.25. The van der Waals surface area contributed by atoms with Crippen LogP contribution in [0.2, 0.25) is 0 Å². The molecule has 0 aliphatic rings. The maximum absolute atomic E-state index is 5.26. The van der Waals surface area contributed by atoms with Crippen LogP contribution in [0.5, 0.6) is 0 Å². The van der Waals surface area contributed by atoms with Gasteiger partial charge in [-0.2, -0.15) is 0 Å². The number of benzene rings is 9. The number of rotatable bonds is 5. The summed E-state index contributed by atoms with van der Waals surface area (Å²) in [5, 5.41) is 9.64. The van der Waals surface area contributed by atoms with Gasteiger partial charge in [0.2, 0.25) is 0 Å². The summed E-state index contributed by atoms with van der Waals surface area (Å²) < 4.78 is 2.36. The Kier molecular flexibility index (Phi) is 7.14. The third-order valence-corrected chi connectivity index (χ3v) is 10.8. The molecule has 0 atom stereocenters. The van der Waals surface area contributed by atoms with E-state index in [9.17, 15) is 0 Å². The fraction of sp³-hybridized carbons (Fsp3) is 0. The summed E-state index contributed by atoms with van der Waals surface area (Å²) >= 11 is 0. The highest BCUT2D eigenvalue weighted by molar-refractivity contribution is 6.26. The highest BCUT2D eigenvalue weighted by atomic mass is 15.0. The predicted octanol–water partition coefficient (Wildman–Crippen LogP) is 13.1. The van der Waals surface area contributed by atoms with Gasteiger partial charge in [0.05, 0.1) is 11.0 Å². The molecule has 55 heavy (non-hydrogen) atoms. The fourth-order valence-corrected chi connectivity index (χ4v) is 8.30. The Bertz CT molecular complexity index is 3180. The third kappa shape index (κ3) is 5.11. The smallest absolute Gasteiger partial charge is 0.164 e. The summed E-state index contributed by atoms with van der Waals surface area (Å²) in [6.45, 7) is 0. The van der Waals surface area contributed by atoms with Crippen LogP contribution in [0.1, 0.15) is 0 Å². The number of hydrogen-bond acceptors (Lipinski definition) is 3. The van der Waals surface area contributed by atoms with Crippen molar-refractivity contribution in [1.29, 1.82) is 0 Å². The van der Waals surface area contributed by atoms with Crippen molar-refractivity contribution >= 4 is 54.1 Å². The Morgan fingerprint density at radius 3 is 1.29 bits per heavy atom. The quantitative estimate of drug-likeness (QED) is 0.168. The predicted molar refractivity (Wildman–Crippen MR) is 228 cm³/mol. The summed E-state index contributed by atoms with van der Waals surface area (Å²) in [6.07, 6.45) is 0. The lowest BCUT2D eigenvalue weighted by atomic mass is 9.89. The summed E-state index contributed by atoms with van der Waals surface area (Å²) in [5.41, 5.74) is 8.47. The van der Waals surface area contributed by atoms with E-state index in [1.54, 1.807) is 0 Å². The molecule has 4 nitrogen and oxygen atoms in total. The average Bonchev–Trinajstić information content (AvgIpc) is 3.60. The van der Waals surface area contributed by atoms with Crippen molar-refractivity contribution in [2.45, 2.75) is 0 Å². The molecule has 9 aromatic carbocycles. The molecule has 0 aliphatic carbocycles. The van der Waals surface area contributed by atoms with Crippen LogP contribution in [0, 0.1) is 0 Å².